The van der Waals surface area contributed by atoms with E-state index < -0.39 is 0 Å². The van der Waals surface area contributed by atoms with Crippen molar-refractivity contribution in [2.45, 2.75) is 66.5 Å². The molecule has 2 amide bonds. The van der Waals surface area contributed by atoms with Gasteiger partial charge in [0.25, 0.3) is 0 Å². The minimum absolute atomic E-state index is 0.00430. The summed E-state index contributed by atoms with van der Waals surface area (Å²) in [4.78, 5) is 26.4. The lowest BCUT2D eigenvalue weighted by Gasteiger charge is -2.41. The van der Waals surface area contributed by atoms with E-state index in [1.54, 1.807) is 4.90 Å². The Balaban J connectivity index is 2.89. The van der Waals surface area contributed by atoms with Crippen LogP contribution in [-0.2, 0) is 9.59 Å². The highest BCUT2D eigenvalue weighted by Gasteiger charge is 2.41. The minimum Gasteiger partial charge on any atom is -0.343 e. The molecular weight excluding hydrogens is 240 g/mol. The molecular formula is C15H28N2O2. The van der Waals surface area contributed by atoms with Crippen LogP contribution in [0, 0.1) is 11.3 Å². The first kappa shape index (κ1) is 16.0. The molecule has 0 bridgehead atoms. The van der Waals surface area contributed by atoms with Crippen LogP contribution in [0.15, 0.2) is 0 Å². The van der Waals surface area contributed by atoms with Gasteiger partial charge in [0.15, 0.2) is 0 Å². The molecule has 110 valence electrons. The molecule has 2 atom stereocenters. The normalized spacial score (nSPS) is 24.9. The Morgan fingerprint density at radius 1 is 1.26 bits per heavy atom. The molecule has 1 heterocycles. The predicted molar refractivity (Wildman–Crippen MR) is 76.6 cm³/mol. The fourth-order valence-electron chi connectivity index (χ4n) is 2.44. The van der Waals surface area contributed by atoms with Crippen LogP contribution in [0.4, 0.5) is 0 Å². The van der Waals surface area contributed by atoms with Crippen molar-refractivity contribution < 1.29 is 9.59 Å². The molecule has 2 unspecified atom stereocenters. The van der Waals surface area contributed by atoms with Gasteiger partial charge in [-0.05, 0) is 24.2 Å². The van der Waals surface area contributed by atoms with Crippen molar-refractivity contribution >= 4 is 11.8 Å². The topological polar surface area (TPSA) is 49.4 Å². The van der Waals surface area contributed by atoms with Gasteiger partial charge in [-0.25, -0.2) is 0 Å². The van der Waals surface area contributed by atoms with Crippen molar-refractivity contribution in [3.05, 3.63) is 0 Å². The van der Waals surface area contributed by atoms with E-state index in [1.807, 2.05) is 20.8 Å². The maximum atomic E-state index is 12.4. The van der Waals surface area contributed by atoms with Gasteiger partial charge in [-0.15, -0.1) is 0 Å². The SMILES string of the molecule is CCC1NC(=O)C(C(C)C)N(CCC(C)(C)C)C1=O. The molecule has 0 aromatic rings. The molecule has 4 heteroatoms. The van der Waals surface area contributed by atoms with Gasteiger partial charge in [0, 0.05) is 6.54 Å². The second-order valence-electron chi connectivity index (χ2n) is 7.00. The van der Waals surface area contributed by atoms with E-state index in [2.05, 4.69) is 26.1 Å². The smallest absolute Gasteiger partial charge is 0.245 e. The van der Waals surface area contributed by atoms with Gasteiger partial charge in [-0.3, -0.25) is 9.59 Å². The van der Waals surface area contributed by atoms with Gasteiger partial charge in [0.05, 0.1) is 0 Å². The zero-order chi connectivity index (χ0) is 14.8. The first-order valence-electron chi connectivity index (χ1n) is 7.28. The van der Waals surface area contributed by atoms with Crippen molar-refractivity contribution in [2.75, 3.05) is 6.54 Å². The summed E-state index contributed by atoms with van der Waals surface area (Å²) in [7, 11) is 0. The summed E-state index contributed by atoms with van der Waals surface area (Å²) < 4.78 is 0. The molecule has 1 aliphatic heterocycles. The third-order valence-electron chi connectivity index (χ3n) is 3.64. The van der Waals surface area contributed by atoms with Crippen LogP contribution in [0.25, 0.3) is 0 Å². The van der Waals surface area contributed by atoms with E-state index in [-0.39, 0.29) is 35.2 Å². The molecule has 0 saturated carbocycles. The molecule has 0 aliphatic carbocycles. The summed E-state index contributed by atoms with van der Waals surface area (Å²) >= 11 is 0. The molecule has 0 aromatic carbocycles. The van der Waals surface area contributed by atoms with Crippen LogP contribution < -0.4 is 5.32 Å². The monoisotopic (exact) mass is 268 g/mol. The minimum atomic E-state index is -0.345. The van der Waals surface area contributed by atoms with Crippen LogP contribution >= 0.6 is 0 Å². The first-order valence-corrected chi connectivity index (χ1v) is 7.28. The average molecular weight is 268 g/mol. The molecule has 0 radical (unpaired) electrons. The molecule has 19 heavy (non-hydrogen) atoms. The quantitative estimate of drug-likeness (QED) is 0.849. The predicted octanol–water partition coefficient (Wildman–Crippen LogP) is 2.18. The van der Waals surface area contributed by atoms with Crippen LogP contribution in [-0.4, -0.2) is 35.3 Å². The fraction of sp³-hybridized carbons (Fsp3) is 0.867. The van der Waals surface area contributed by atoms with E-state index in [0.717, 1.165) is 6.42 Å². The molecule has 1 fully saturated rings. The van der Waals surface area contributed by atoms with Crippen molar-refractivity contribution in [3.8, 4) is 0 Å². The lowest BCUT2D eigenvalue weighted by atomic mass is 9.90. The molecule has 1 saturated heterocycles. The van der Waals surface area contributed by atoms with Gasteiger partial charge in [-0.1, -0.05) is 41.5 Å². The van der Waals surface area contributed by atoms with Gasteiger partial charge in [-0.2, -0.15) is 0 Å². The van der Waals surface area contributed by atoms with E-state index >= 15 is 0 Å². The van der Waals surface area contributed by atoms with Crippen molar-refractivity contribution in [1.82, 2.24) is 10.2 Å². The molecule has 1 N–H and O–H groups in total. The number of amides is 2. The second-order valence-corrected chi connectivity index (χ2v) is 7.00. The molecule has 0 spiro atoms. The lowest BCUT2D eigenvalue weighted by molar-refractivity contribution is -0.151. The summed E-state index contributed by atoms with van der Waals surface area (Å²) in [6.45, 7) is 13.0. The number of carbonyl (C=O) groups excluding carboxylic acids is 2. The van der Waals surface area contributed by atoms with Crippen LogP contribution in [0.5, 0.6) is 0 Å². The summed E-state index contributed by atoms with van der Waals surface area (Å²) in [5.41, 5.74) is 0.164. The third kappa shape index (κ3) is 3.95. The maximum Gasteiger partial charge on any atom is 0.245 e. The zero-order valence-electron chi connectivity index (χ0n) is 13.1. The molecule has 0 aromatic heterocycles. The van der Waals surface area contributed by atoms with E-state index in [4.69, 9.17) is 0 Å². The number of hydrogen-bond donors (Lipinski definition) is 1. The largest absolute Gasteiger partial charge is 0.343 e. The number of carbonyl (C=O) groups is 2. The first-order chi connectivity index (χ1) is 8.67. The van der Waals surface area contributed by atoms with Gasteiger partial charge >= 0.3 is 0 Å². The highest BCUT2D eigenvalue weighted by Crippen LogP contribution is 2.24. The highest BCUT2D eigenvalue weighted by atomic mass is 16.2. The van der Waals surface area contributed by atoms with Gasteiger partial charge < -0.3 is 10.2 Å². The Morgan fingerprint density at radius 2 is 1.84 bits per heavy atom. The third-order valence-corrected chi connectivity index (χ3v) is 3.64. The van der Waals surface area contributed by atoms with E-state index in [0.29, 0.717) is 13.0 Å². The molecule has 1 aliphatic rings. The Morgan fingerprint density at radius 3 is 2.26 bits per heavy atom. The Labute approximate surface area is 116 Å². The van der Waals surface area contributed by atoms with Crippen LogP contribution in [0.3, 0.4) is 0 Å². The summed E-state index contributed by atoms with van der Waals surface area (Å²) in [5.74, 6) is 0.210. The van der Waals surface area contributed by atoms with Gasteiger partial charge in [0.2, 0.25) is 11.8 Å². The van der Waals surface area contributed by atoms with Crippen molar-refractivity contribution in [2.24, 2.45) is 11.3 Å². The van der Waals surface area contributed by atoms with Crippen molar-refractivity contribution in [1.29, 1.82) is 0 Å². The highest BCUT2D eigenvalue weighted by molar-refractivity contribution is 5.97. The molecule has 1 rings (SSSR count). The maximum absolute atomic E-state index is 12.4. The van der Waals surface area contributed by atoms with E-state index in [9.17, 15) is 9.59 Å². The second kappa shape index (κ2) is 5.93. The lowest BCUT2D eigenvalue weighted by Crippen LogP contribution is -2.64. The number of hydrogen-bond acceptors (Lipinski definition) is 2. The van der Waals surface area contributed by atoms with Crippen molar-refractivity contribution in [3.63, 3.8) is 0 Å². The van der Waals surface area contributed by atoms with E-state index in [1.165, 1.54) is 0 Å². The fourth-order valence-corrected chi connectivity index (χ4v) is 2.44. The summed E-state index contributed by atoms with van der Waals surface area (Å²) in [5, 5.41) is 2.84. The zero-order valence-corrected chi connectivity index (χ0v) is 13.1. The summed E-state index contributed by atoms with van der Waals surface area (Å²) in [6, 6.07) is -0.667. The number of piperazine rings is 1. The molecule has 4 nitrogen and oxygen atoms in total. The van der Waals surface area contributed by atoms with Gasteiger partial charge in [0.1, 0.15) is 12.1 Å². The Bertz CT molecular complexity index is 345. The van der Waals surface area contributed by atoms with Crippen LogP contribution in [0.1, 0.15) is 54.4 Å². The summed E-state index contributed by atoms with van der Waals surface area (Å²) in [6.07, 6.45) is 1.56. The van der Waals surface area contributed by atoms with Crippen LogP contribution in [0.2, 0.25) is 0 Å². The number of nitrogens with one attached hydrogen (secondary N) is 1. The standard InChI is InChI=1S/C15H28N2O2/c1-7-11-14(19)17(9-8-15(4,5)6)12(10(2)3)13(18)16-11/h10-12H,7-9H2,1-6H3,(H,16,18). The average Bonchev–Trinajstić information content (AvgIpc) is 2.27. The Kier molecular flexibility index (Phi) is 4.99. The number of nitrogens with zero attached hydrogens (tertiary/aromatic N) is 1. The number of rotatable bonds is 4. The Hall–Kier alpha value is -1.06.